The van der Waals surface area contributed by atoms with Crippen molar-refractivity contribution in [2.45, 2.75) is 6.54 Å². The molecule has 5 rings (SSSR count). The van der Waals surface area contributed by atoms with Crippen LogP contribution >= 0.6 is 11.3 Å². The third-order valence-corrected chi connectivity index (χ3v) is 5.66. The Bertz CT molecular complexity index is 1090. The van der Waals surface area contributed by atoms with Gasteiger partial charge in [0.1, 0.15) is 22.8 Å². The first-order chi connectivity index (χ1) is 13.8. The molecule has 0 bridgehead atoms. The Kier molecular flexibility index (Phi) is 4.46. The monoisotopic (exact) mass is 396 g/mol. The molecular formula is C19H17FN6OS. The third kappa shape index (κ3) is 3.34. The van der Waals surface area contributed by atoms with Crippen LogP contribution in [0.25, 0.3) is 21.6 Å². The minimum atomic E-state index is -0.284. The smallest absolute Gasteiger partial charge is 0.241 e. The average Bonchev–Trinajstić information content (AvgIpc) is 3.38. The number of aromatic nitrogens is 4. The zero-order valence-electron chi connectivity index (χ0n) is 15.0. The second kappa shape index (κ2) is 7.25. The van der Waals surface area contributed by atoms with Gasteiger partial charge in [-0.05, 0) is 35.7 Å². The van der Waals surface area contributed by atoms with Gasteiger partial charge in [-0.2, -0.15) is 4.98 Å². The van der Waals surface area contributed by atoms with Gasteiger partial charge in [-0.25, -0.2) is 14.4 Å². The Balaban J connectivity index is 1.23. The molecule has 4 aromatic rings. The molecule has 4 heterocycles. The van der Waals surface area contributed by atoms with Gasteiger partial charge in [0.05, 0.1) is 11.9 Å². The number of benzene rings is 1. The van der Waals surface area contributed by atoms with Gasteiger partial charge in [0.15, 0.2) is 0 Å². The Hall–Kier alpha value is -2.91. The summed E-state index contributed by atoms with van der Waals surface area (Å²) in [5, 5.41) is 7.17. The lowest BCUT2D eigenvalue weighted by Crippen LogP contribution is -2.46. The maximum absolute atomic E-state index is 13.1. The fraction of sp³-hybridized carbons (Fsp3) is 0.263. The van der Waals surface area contributed by atoms with E-state index in [9.17, 15) is 4.39 Å². The van der Waals surface area contributed by atoms with Crippen molar-refractivity contribution in [3.63, 3.8) is 0 Å². The summed E-state index contributed by atoms with van der Waals surface area (Å²) in [7, 11) is 0. The topological polar surface area (TPSA) is 71.2 Å². The second-order valence-corrected chi connectivity index (χ2v) is 7.51. The molecule has 0 atom stereocenters. The predicted molar refractivity (Wildman–Crippen MR) is 105 cm³/mol. The van der Waals surface area contributed by atoms with Crippen molar-refractivity contribution in [2.75, 3.05) is 31.1 Å². The first kappa shape index (κ1) is 17.2. The highest BCUT2D eigenvalue weighted by Gasteiger charge is 2.22. The van der Waals surface area contributed by atoms with Gasteiger partial charge in [-0.15, -0.1) is 11.3 Å². The lowest BCUT2D eigenvalue weighted by atomic mass is 10.2. The lowest BCUT2D eigenvalue weighted by Gasteiger charge is -2.34. The summed E-state index contributed by atoms with van der Waals surface area (Å²) in [6.45, 7) is 4.11. The number of fused-ring (bicyclic) bond motifs is 1. The van der Waals surface area contributed by atoms with Crippen molar-refractivity contribution in [2.24, 2.45) is 0 Å². The fourth-order valence-electron chi connectivity index (χ4n) is 3.37. The number of halogens is 1. The van der Waals surface area contributed by atoms with Crippen LogP contribution in [0.5, 0.6) is 0 Å². The highest BCUT2D eigenvalue weighted by Crippen LogP contribution is 2.27. The highest BCUT2D eigenvalue weighted by atomic mass is 32.1. The van der Waals surface area contributed by atoms with E-state index >= 15 is 0 Å². The average molecular weight is 396 g/mol. The van der Waals surface area contributed by atoms with Gasteiger partial charge >= 0.3 is 0 Å². The summed E-state index contributed by atoms with van der Waals surface area (Å²) in [6.07, 6.45) is 1.63. The molecule has 142 valence electrons. The van der Waals surface area contributed by atoms with E-state index in [1.165, 1.54) is 12.1 Å². The van der Waals surface area contributed by atoms with Gasteiger partial charge in [-0.1, -0.05) is 5.16 Å². The Morgan fingerprint density at radius 3 is 2.68 bits per heavy atom. The van der Waals surface area contributed by atoms with Crippen molar-refractivity contribution < 1.29 is 8.91 Å². The highest BCUT2D eigenvalue weighted by molar-refractivity contribution is 7.16. The van der Waals surface area contributed by atoms with Crippen LogP contribution < -0.4 is 4.90 Å². The molecule has 7 nitrogen and oxygen atoms in total. The maximum atomic E-state index is 13.1. The molecule has 0 amide bonds. The summed E-state index contributed by atoms with van der Waals surface area (Å²) in [6, 6.07) is 8.16. The van der Waals surface area contributed by atoms with Crippen molar-refractivity contribution in [1.29, 1.82) is 0 Å². The van der Waals surface area contributed by atoms with E-state index in [0.29, 0.717) is 18.3 Å². The molecular weight excluding hydrogens is 379 g/mol. The summed E-state index contributed by atoms with van der Waals surface area (Å²) < 4.78 is 18.4. The number of hydrogen-bond acceptors (Lipinski definition) is 8. The van der Waals surface area contributed by atoms with Crippen LogP contribution in [0.15, 0.2) is 46.6 Å². The maximum Gasteiger partial charge on any atom is 0.241 e. The summed E-state index contributed by atoms with van der Waals surface area (Å²) in [4.78, 5) is 18.9. The van der Waals surface area contributed by atoms with Crippen LogP contribution in [-0.4, -0.2) is 51.2 Å². The number of rotatable bonds is 4. The van der Waals surface area contributed by atoms with E-state index in [0.717, 1.165) is 47.8 Å². The number of hydrogen-bond donors (Lipinski definition) is 0. The minimum absolute atomic E-state index is 0.284. The van der Waals surface area contributed by atoms with E-state index < -0.39 is 0 Å². The molecule has 1 aromatic carbocycles. The summed E-state index contributed by atoms with van der Waals surface area (Å²) in [5.74, 6) is 1.76. The molecule has 0 saturated carbocycles. The van der Waals surface area contributed by atoms with E-state index in [1.54, 1.807) is 29.8 Å². The first-order valence-corrected chi connectivity index (χ1v) is 9.88. The number of piperazine rings is 1. The van der Waals surface area contributed by atoms with Gasteiger partial charge in [0, 0.05) is 31.7 Å². The zero-order valence-corrected chi connectivity index (χ0v) is 15.8. The second-order valence-electron chi connectivity index (χ2n) is 6.62. The van der Waals surface area contributed by atoms with E-state index in [-0.39, 0.29) is 5.82 Å². The largest absolute Gasteiger partial charge is 0.353 e. The van der Waals surface area contributed by atoms with Crippen molar-refractivity contribution in [1.82, 2.24) is 25.0 Å². The van der Waals surface area contributed by atoms with Crippen LogP contribution in [0.3, 0.4) is 0 Å². The SMILES string of the molecule is Fc1ccc(-c2noc(CN3CCN(c4ncnc5sccc45)CC3)n2)cc1. The molecule has 0 aliphatic carbocycles. The van der Waals surface area contributed by atoms with Crippen LogP contribution in [0.4, 0.5) is 10.2 Å². The van der Waals surface area contributed by atoms with Gasteiger partial charge in [0.25, 0.3) is 0 Å². The van der Waals surface area contributed by atoms with E-state index in [4.69, 9.17) is 4.52 Å². The van der Waals surface area contributed by atoms with Gasteiger partial charge in [0.2, 0.25) is 11.7 Å². The predicted octanol–water partition coefficient (Wildman–Crippen LogP) is 3.20. The van der Waals surface area contributed by atoms with Crippen LogP contribution in [0.2, 0.25) is 0 Å². The quantitative estimate of drug-likeness (QED) is 0.525. The lowest BCUT2D eigenvalue weighted by molar-refractivity contribution is 0.215. The van der Waals surface area contributed by atoms with Gasteiger partial charge < -0.3 is 9.42 Å². The first-order valence-electron chi connectivity index (χ1n) is 9.00. The molecule has 28 heavy (non-hydrogen) atoms. The van der Waals surface area contributed by atoms with Crippen molar-refractivity contribution in [3.8, 4) is 11.4 Å². The normalized spacial score (nSPS) is 15.4. The molecule has 1 aliphatic heterocycles. The Labute approximate surface area is 164 Å². The molecule has 0 spiro atoms. The van der Waals surface area contributed by atoms with Crippen LogP contribution in [0.1, 0.15) is 5.89 Å². The van der Waals surface area contributed by atoms with E-state index in [2.05, 4.69) is 36.0 Å². The molecule has 3 aromatic heterocycles. The summed E-state index contributed by atoms with van der Waals surface area (Å²) in [5.41, 5.74) is 0.741. The van der Waals surface area contributed by atoms with E-state index in [1.807, 2.05) is 5.38 Å². The van der Waals surface area contributed by atoms with Crippen LogP contribution in [0, 0.1) is 5.82 Å². The minimum Gasteiger partial charge on any atom is -0.353 e. The fourth-order valence-corrected chi connectivity index (χ4v) is 4.10. The third-order valence-electron chi connectivity index (χ3n) is 4.84. The molecule has 0 N–H and O–H groups in total. The standard InChI is InChI=1S/C19H17FN6OS/c20-14-3-1-13(2-4-14)17-23-16(27-24-17)11-25-6-8-26(9-7-25)18-15-5-10-28-19(15)22-12-21-18/h1-5,10,12H,6-9,11H2. The molecule has 0 unspecified atom stereocenters. The number of anilines is 1. The number of thiophene rings is 1. The van der Waals surface area contributed by atoms with Crippen LogP contribution in [-0.2, 0) is 6.54 Å². The molecule has 1 fully saturated rings. The van der Waals surface area contributed by atoms with Crippen molar-refractivity contribution in [3.05, 3.63) is 53.7 Å². The molecule has 9 heteroatoms. The molecule has 1 saturated heterocycles. The van der Waals surface area contributed by atoms with Gasteiger partial charge in [-0.3, -0.25) is 4.90 Å². The Morgan fingerprint density at radius 1 is 1.04 bits per heavy atom. The van der Waals surface area contributed by atoms with Crippen molar-refractivity contribution >= 4 is 27.4 Å². The zero-order chi connectivity index (χ0) is 18.9. The Morgan fingerprint density at radius 2 is 1.86 bits per heavy atom. The molecule has 0 radical (unpaired) electrons. The number of nitrogens with zero attached hydrogens (tertiary/aromatic N) is 6. The summed E-state index contributed by atoms with van der Waals surface area (Å²) >= 11 is 1.63. The molecule has 1 aliphatic rings.